The predicted molar refractivity (Wildman–Crippen MR) is 153 cm³/mol. The maximum Gasteiger partial charge on any atom is 0.156 e. The Kier molecular flexibility index (Phi) is 14.6. The second-order valence-electron chi connectivity index (χ2n) is 9.11. The maximum atomic E-state index is 6.44. The van der Waals surface area contributed by atoms with Crippen LogP contribution in [-0.2, 0) is 6.42 Å². The first kappa shape index (κ1) is 29.5. The molecule has 0 unspecified atom stereocenters. The first-order valence-corrected chi connectivity index (χ1v) is 14.5. The molecule has 7 heteroatoms. The number of hydrogen-bond acceptors (Lipinski definition) is 3. The molecule has 3 nitrogen and oxygen atoms in total. The van der Waals surface area contributed by atoms with Crippen molar-refractivity contribution >= 4 is 52.6 Å². The van der Waals surface area contributed by atoms with Gasteiger partial charge in [0.25, 0.3) is 0 Å². The molecule has 2 N–H and O–H groups in total. The topological polar surface area (TPSA) is 43.3 Å². The summed E-state index contributed by atoms with van der Waals surface area (Å²) in [7, 11) is 0. The summed E-state index contributed by atoms with van der Waals surface area (Å²) in [6.45, 7) is 0.848. The van der Waals surface area contributed by atoms with Crippen molar-refractivity contribution in [3.63, 3.8) is 0 Å². The summed E-state index contributed by atoms with van der Waals surface area (Å²) >= 11 is 14.4. The van der Waals surface area contributed by atoms with Crippen molar-refractivity contribution in [3.8, 4) is 11.3 Å². The Morgan fingerprint density at radius 2 is 1.38 bits per heavy atom. The Bertz CT molecular complexity index is 940. The van der Waals surface area contributed by atoms with E-state index >= 15 is 0 Å². The van der Waals surface area contributed by atoms with Crippen LogP contribution in [0.5, 0.6) is 0 Å². The van der Waals surface area contributed by atoms with Crippen LogP contribution in [0.15, 0.2) is 29.1 Å². The van der Waals surface area contributed by atoms with E-state index in [-0.39, 0.29) is 12.4 Å². The highest BCUT2D eigenvalue weighted by atomic mass is 35.5. The number of thiophene rings is 1. The average molecular weight is 545 g/mol. The van der Waals surface area contributed by atoms with Crippen molar-refractivity contribution in [1.82, 2.24) is 9.38 Å². The minimum absolute atomic E-state index is 0. The monoisotopic (exact) mass is 543 g/mol. The summed E-state index contributed by atoms with van der Waals surface area (Å²) in [5, 5.41) is 5.51. The highest BCUT2D eigenvalue weighted by Crippen LogP contribution is 2.31. The van der Waals surface area contributed by atoms with Gasteiger partial charge in [-0.1, -0.05) is 100 Å². The van der Waals surface area contributed by atoms with Gasteiger partial charge in [-0.2, -0.15) is 11.3 Å². The Hall–Kier alpha value is -0.780. The Morgan fingerprint density at radius 3 is 1.91 bits per heavy atom. The third-order valence-electron chi connectivity index (χ3n) is 6.40. The van der Waals surface area contributed by atoms with Gasteiger partial charge in [0, 0.05) is 17.1 Å². The van der Waals surface area contributed by atoms with Gasteiger partial charge in [0.15, 0.2) is 5.65 Å². The molecular formula is C27H40Cl3N3S. The van der Waals surface area contributed by atoms with Crippen LogP contribution in [0.2, 0.25) is 10.0 Å². The molecule has 0 spiro atoms. The SMILES string of the molecule is Cl.NCCCCCCCCCCCCCCCCc1c(-c2ccsc2)nc2c(Cl)cc(Cl)cn12. The van der Waals surface area contributed by atoms with Gasteiger partial charge in [0.05, 0.1) is 21.4 Å². The number of aromatic nitrogens is 2. The zero-order valence-electron chi connectivity index (χ0n) is 20.2. The molecule has 0 atom stereocenters. The number of hydrogen-bond donors (Lipinski definition) is 1. The predicted octanol–water partition coefficient (Wildman–Crippen LogP) is 9.75. The lowest BCUT2D eigenvalue weighted by Gasteiger charge is -2.06. The summed E-state index contributed by atoms with van der Waals surface area (Å²) in [6, 6.07) is 3.91. The number of fused-ring (bicyclic) bond motifs is 1. The first-order valence-electron chi connectivity index (χ1n) is 12.8. The third kappa shape index (κ3) is 9.35. The van der Waals surface area contributed by atoms with Gasteiger partial charge in [-0.05, 0) is 43.3 Å². The Morgan fingerprint density at radius 1 is 0.824 bits per heavy atom. The van der Waals surface area contributed by atoms with Gasteiger partial charge in [0.1, 0.15) is 0 Å². The molecule has 0 fully saturated rings. The number of nitrogens with two attached hydrogens (primary N) is 1. The lowest BCUT2D eigenvalue weighted by atomic mass is 10.0. The molecule has 0 saturated carbocycles. The van der Waals surface area contributed by atoms with Crippen molar-refractivity contribution in [2.45, 2.75) is 96.3 Å². The van der Waals surface area contributed by atoms with Crippen LogP contribution in [-0.4, -0.2) is 15.9 Å². The zero-order chi connectivity index (χ0) is 23.3. The number of halogens is 3. The van der Waals surface area contributed by atoms with Crippen LogP contribution in [0.4, 0.5) is 0 Å². The molecular weight excluding hydrogens is 505 g/mol. The van der Waals surface area contributed by atoms with E-state index in [1.807, 2.05) is 6.20 Å². The molecule has 3 aromatic rings. The molecule has 190 valence electrons. The largest absolute Gasteiger partial charge is 0.330 e. The van der Waals surface area contributed by atoms with E-state index in [4.69, 9.17) is 33.9 Å². The molecule has 0 radical (unpaired) electrons. The number of pyridine rings is 1. The molecule has 0 aromatic carbocycles. The lowest BCUT2D eigenvalue weighted by molar-refractivity contribution is 0.533. The van der Waals surface area contributed by atoms with Crippen LogP contribution >= 0.6 is 46.9 Å². The van der Waals surface area contributed by atoms with E-state index in [2.05, 4.69) is 21.2 Å². The molecule has 34 heavy (non-hydrogen) atoms. The summed E-state index contributed by atoms with van der Waals surface area (Å²) in [4.78, 5) is 4.86. The second kappa shape index (κ2) is 16.8. The number of imidazole rings is 1. The molecule has 0 aliphatic rings. The minimum atomic E-state index is 0. The summed E-state index contributed by atoms with van der Waals surface area (Å²) in [5.41, 5.74) is 9.77. The van der Waals surface area contributed by atoms with E-state index in [1.54, 1.807) is 17.4 Å². The number of rotatable bonds is 17. The molecule has 0 amide bonds. The van der Waals surface area contributed by atoms with Crippen LogP contribution in [0.1, 0.15) is 95.6 Å². The van der Waals surface area contributed by atoms with E-state index < -0.39 is 0 Å². The average Bonchev–Trinajstić information content (AvgIpc) is 3.45. The fourth-order valence-electron chi connectivity index (χ4n) is 4.55. The number of nitrogens with zero attached hydrogens (tertiary/aromatic N) is 2. The fourth-order valence-corrected chi connectivity index (χ4v) is 5.70. The Balaban J connectivity index is 0.00000408. The van der Waals surface area contributed by atoms with Crippen molar-refractivity contribution in [2.75, 3.05) is 6.54 Å². The second-order valence-corrected chi connectivity index (χ2v) is 10.7. The number of unbranched alkanes of at least 4 members (excludes halogenated alkanes) is 13. The van der Waals surface area contributed by atoms with Crippen molar-refractivity contribution in [2.24, 2.45) is 5.73 Å². The normalized spacial score (nSPS) is 11.3. The van der Waals surface area contributed by atoms with Crippen LogP contribution in [0.25, 0.3) is 16.9 Å². The third-order valence-corrected chi connectivity index (χ3v) is 7.57. The highest BCUT2D eigenvalue weighted by molar-refractivity contribution is 7.08. The van der Waals surface area contributed by atoms with Gasteiger partial charge in [-0.3, -0.25) is 0 Å². The highest BCUT2D eigenvalue weighted by Gasteiger charge is 2.16. The fraction of sp³-hybridized carbons (Fsp3) is 0.593. The maximum absolute atomic E-state index is 6.44. The van der Waals surface area contributed by atoms with Gasteiger partial charge >= 0.3 is 0 Å². The van der Waals surface area contributed by atoms with Crippen molar-refractivity contribution < 1.29 is 0 Å². The zero-order valence-corrected chi connectivity index (χ0v) is 23.4. The minimum Gasteiger partial charge on any atom is -0.330 e. The summed E-state index contributed by atoms with van der Waals surface area (Å²) < 4.78 is 2.09. The van der Waals surface area contributed by atoms with E-state index in [9.17, 15) is 0 Å². The van der Waals surface area contributed by atoms with E-state index in [0.717, 1.165) is 24.3 Å². The Labute approximate surface area is 225 Å². The molecule has 3 rings (SSSR count). The molecule has 0 aliphatic heterocycles. The molecule has 0 saturated heterocycles. The smallest absolute Gasteiger partial charge is 0.156 e. The molecule has 0 aliphatic carbocycles. The number of aryl methyl sites for hydroxylation is 1. The van der Waals surface area contributed by atoms with Crippen LogP contribution in [0, 0.1) is 0 Å². The van der Waals surface area contributed by atoms with E-state index in [1.165, 1.54) is 101 Å². The summed E-state index contributed by atoms with van der Waals surface area (Å²) in [6.07, 6.45) is 21.6. The summed E-state index contributed by atoms with van der Waals surface area (Å²) in [5.74, 6) is 0. The van der Waals surface area contributed by atoms with E-state index in [0.29, 0.717) is 10.0 Å². The van der Waals surface area contributed by atoms with Crippen molar-refractivity contribution in [3.05, 3.63) is 44.8 Å². The molecule has 0 bridgehead atoms. The molecule has 3 aromatic heterocycles. The van der Waals surface area contributed by atoms with Crippen LogP contribution < -0.4 is 5.73 Å². The van der Waals surface area contributed by atoms with Crippen molar-refractivity contribution in [1.29, 1.82) is 0 Å². The van der Waals surface area contributed by atoms with Gasteiger partial charge in [0.2, 0.25) is 0 Å². The standard InChI is InChI=1S/C27H39Cl2N3S.ClH/c28-23-19-24(29)27-31-26(22-16-18-33-21-22)25(32(27)20-23)15-13-11-9-7-5-3-1-2-4-6-8-10-12-14-17-30;/h16,18-21H,1-15,17,30H2;1H. The lowest BCUT2D eigenvalue weighted by Crippen LogP contribution is -1.97. The van der Waals surface area contributed by atoms with Crippen LogP contribution in [0.3, 0.4) is 0 Å². The quantitative estimate of drug-likeness (QED) is 0.172. The van der Waals surface area contributed by atoms with Gasteiger partial charge < -0.3 is 10.1 Å². The van der Waals surface area contributed by atoms with Gasteiger partial charge in [-0.15, -0.1) is 12.4 Å². The first-order chi connectivity index (χ1) is 16.2. The van der Waals surface area contributed by atoms with Gasteiger partial charge in [-0.25, -0.2) is 4.98 Å². The molecule has 3 heterocycles.